The average Bonchev–Trinajstić information content (AvgIpc) is 3.95. The van der Waals surface area contributed by atoms with Crippen molar-refractivity contribution in [1.82, 2.24) is 0 Å². The zero-order valence-corrected chi connectivity index (χ0v) is 34.5. The van der Waals surface area contributed by atoms with Crippen molar-refractivity contribution in [3.05, 3.63) is 119 Å². The maximum absolute atomic E-state index is 12.9. The largest absolute Gasteiger partial charge is 0.446 e. The molecular weight excluding hydrogens is 745 g/mol. The van der Waals surface area contributed by atoms with Crippen LogP contribution >= 0.6 is 0 Å². The third-order valence-electron chi connectivity index (χ3n) is 10.8. The van der Waals surface area contributed by atoms with E-state index in [-0.39, 0.29) is 24.4 Å². The summed E-state index contributed by atoms with van der Waals surface area (Å²) < 4.78 is 17.5. The predicted octanol–water partition coefficient (Wildman–Crippen LogP) is 11.5. The van der Waals surface area contributed by atoms with E-state index >= 15 is 0 Å². The quantitative estimate of drug-likeness (QED) is 0.0456. The fraction of sp³-hybridized carbons (Fsp3) is 0.417. The second-order valence-corrected chi connectivity index (χ2v) is 15.6. The Morgan fingerprint density at radius 3 is 1.73 bits per heavy atom. The van der Waals surface area contributed by atoms with Crippen LogP contribution in [0.5, 0.6) is 0 Å². The van der Waals surface area contributed by atoms with E-state index in [9.17, 15) is 19.2 Å². The van der Waals surface area contributed by atoms with E-state index in [4.69, 9.17) is 14.2 Å². The van der Waals surface area contributed by atoms with Gasteiger partial charge in [-0.1, -0.05) is 75.7 Å². The second-order valence-electron chi connectivity index (χ2n) is 15.6. The minimum Gasteiger partial charge on any atom is -0.446 e. The molecule has 11 nitrogen and oxygen atoms in total. The molecule has 0 bridgehead atoms. The van der Waals surface area contributed by atoms with Gasteiger partial charge in [-0.2, -0.15) is 9.98 Å². The summed E-state index contributed by atoms with van der Waals surface area (Å²) in [4.78, 5) is 54.2. The minimum atomic E-state index is -0.501. The van der Waals surface area contributed by atoms with Crippen LogP contribution in [0.3, 0.4) is 0 Å². The zero-order valence-electron chi connectivity index (χ0n) is 34.5. The lowest BCUT2D eigenvalue weighted by atomic mass is 9.86. The summed E-state index contributed by atoms with van der Waals surface area (Å²) >= 11 is 0. The highest BCUT2D eigenvalue weighted by Gasteiger charge is 2.40. The predicted molar refractivity (Wildman–Crippen MR) is 230 cm³/mol. The van der Waals surface area contributed by atoms with E-state index in [1.807, 2.05) is 98.8 Å². The number of nitrogens with one attached hydrogen (secondary N) is 2. The SMILES string of the molecule is CCC(CCC1OC1CC(C)OC(=O)Nc1cccc(Cc2cccc(N=C=O)c2)c1)CC(C)CCC(CC)OC(=O)Nc1cccc(Cc2cccc(N=C=O)c2)c1. The first-order valence-corrected chi connectivity index (χ1v) is 20.7. The van der Waals surface area contributed by atoms with E-state index < -0.39 is 12.2 Å². The van der Waals surface area contributed by atoms with Crippen LogP contribution in [-0.4, -0.2) is 48.8 Å². The van der Waals surface area contributed by atoms with Crippen molar-refractivity contribution in [3.8, 4) is 0 Å². The molecule has 0 aliphatic carbocycles. The highest BCUT2D eigenvalue weighted by atomic mass is 16.6. The van der Waals surface area contributed by atoms with Gasteiger partial charge in [-0.3, -0.25) is 10.6 Å². The number of isocyanates is 2. The van der Waals surface area contributed by atoms with Gasteiger partial charge in [0.15, 0.2) is 0 Å². The van der Waals surface area contributed by atoms with Crippen molar-refractivity contribution in [3.63, 3.8) is 0 Å². The molecule has 310 valence electrons. The molecule has 6 atom stereocenters. The van der Waals surface area contributed by atoms with Gasteiger partial charge < -0.3 is 14.2 Å². The van der Waals surface area contributed by atoms with Crippen molar-refractivity contribution >= 4 is 47.1 Å². The Labute approximate surface area is 347 Å². The van der Waals surface area contributed by atoms with Gasteiger partial charge in [0.05, 0.1) is 23.6 Å². The Morgan fingerprint density at radius 2 is 1.20 bits per heavy atom. The van der Waals surface area contributed by atoms with Gasteiger partial charge in [0.25, 0.3) is 0 Å². The molecule has 1 fully saturated rings. The van der Waals surface area contributed by atoms with Crippen LogP contribution in [0.4, 0.5) is 32.3 Å². The number of aliphatic imine (C=N–C) groups is 2. The van der Waals surface area contributed by atoms with Gasteiger partial charge >= 0.3 is 12.2 Å². The first-order chi connectivity index (χ1) is 28.6. The van der Waals surface area contributed by atoms with Crippen LogP contribution in [0.2, 0.25) is 0 Å². The van der Waals surface area contributed by atoms with E-state index in [0.717, 1.165) is 67.2 Å². The topological polar surface area (TPSA) is 148 Å². The Kier molecular flexibility index (Phi) is 17.2. The molecule has 59 heavy (non-hydrogen) atoms. The number of epoxide rings is 1. The summed E-state index contributed by atoms with van der Waals surface area (Å²) in [5.41, 5.74) is 6.43. The molecule has 5 rings (SSSR count). The van der Waals surface area contributed by atoms with Crippen LogP contribution in [0, 0.1) is 11.8 Å². The summed E-state index contributed by atoms with van der Waals surface area (Å²) in [5.74, 6) is 1.07. The van der Waals surface area contributed by atoms with Crippen LogP contribution in [0.25, 0.3) is 0 Å². The third-order valence-corrected chi connectivity index (χ3v) is 10.8. The number of hydrogen-bond donors (Lipinski definition) is 2. The molecule has 11 heteroatoms. The van der Waals surface area contributed by atoms with E-state index in [0.29, 0.717) is 53.8 Å². The van der Waals surface area contributed by atoms with Crippen molar-refractivity contribution < 1.29 is 33.4 Å². The van der Waals surface area contributed by atoms with Crippen molar-refractivity contribution in [2.75, 3.05) is 10.6 Å². The van der Waals surface area contributed by atoms with Crippen LogP contribution in [0.1, 0.15) is 101 Å². The molecule has 0 aromatic heterocycles. The van der Waals surface area contributed by atoms with E-state index in [2.05, 4.69) is 34.5 Å². The van der Waals surface area contributed by atoms with Gasteiger partial charge in [-0.25, -0.2) is 19.2 Å². The number of amides is 2. The van der Waals surface area contributed by atoms with Crippen LogP contribution in [-0.2, 0) is 36.6 Å². The van der Waals surface area contributed by atoms with Gasteiger partial charge in [-0.15, -0.1) is 0 Å². The first kappa shape index (κ1) is 44.2. The zero-order chi connectivity index (χ0) is 42.0. The molecule has 1 heterocycles. The monoisotopic (exact) mass is 800 g/mol. The van der Waals surface area contributed by atoms with Gasteiger partial charge in [0, 0.05) is 17.8 Å². The molecule has 0 spiro atoms. The van der Waals surface area contributed by atoms with Crippen LogP contribution in [0.15, 0.2) is 107 Å². The summed E-state index contributed by atoms with van der Waals surface area (Å²) in [6.45, 7) is 8.46. The number of anilines is 2. The first-order valence-electron chi connectivity index (χ1n) is 20.7. The Hall–Kier alpha value is -5.86. The number of carbonyl (C=O) groups is 2. The van der Waals surface area contributed by atoms with E-state index in [1.54, 1.807) is 24.3 Å². The molecule has 2 amide bonds. The smallest absolute Gasteiger partial charge is 0.411 e. The molecule has 4 aromatic rings. The summed E-state index contributed by atoms with van der Waals surface area (Å²) in [6.07, 6.45) is 10.7. The normalized spacial score (nSPS) is 16.3. The average molecular weight is 801 g/mol. The molecular formula is C48H56N4O7. The minimum absolute atomic E-state index is 0.0907. The number of rotatable bonds is 22. The van der Waals surface area contributed by atoms with Crippen molar-refractivity contribution in [2.24, 2.45) is 21.8 Å². The summed E-state index contributed by atoms with van der Waals surface area (Å²) in [7, 11) is 0. The molecule has 1 aliphatic rings. The maximum Gasteiger partial charge on any atom is 0.411 e. The number of nitrogens with zero attached hydrogens (tertiary/aromatic N) is 2. The van der Waals surface area contributed by atoms with Gasteiger partial charge in [0.2, 0.25) is 12.2 Å². The van der Waals surface area contributed by atoms with Crippen LogP contribution < -0.4 is 10.6 Å². The number of hydrogen-bond acceptors (Lipinski definition) is 9. The molecule has 0 saturated carbocycles. The highest BCUT2D eigenvalue weighted by molar-refractivity contribution is 5.85. The Morgan fingerprint density at radius 1 is 0.678 bits per heavy atom. The Balaban J connectivity index is 0.965. The molecule has 4 aromatic carbocycles. The molecule has 2 N–H and O–H groups in total. The summed E-state index contributed by atoms with van der Waals surface area (Å²) in [6, 6.07) is 30.1. The molecule has 6 unspecified atom stereocenters. The fourth-order valence-electron chi connectivity index (χ4n) is 7.60. The lowest BCUT2D eigenvalue weighted by Gasteiger charge is -2.22. The second kappa shape index (κ2) is 22.9. The summed E-state index contributed by atoms with van der Waals surface area (Å²) in [5, 5.41) is 5.74. The fourth-order valence-corrected chi connectivity index (χ4v) is 7.60. The maximum atomic E-state index is 12.9. The molecule has 1 saturated heterocycles. The van der Waals surface area contributed by atoms with Crippen molar-refractivity contribution in [1.29, 1.82) is 0 Å². The lowest BCUT2D eigenvalue weighted by Crippen LogP contribution is -2.23. The number of carbonyl (C=O) groups excluding carboxylic acids is 4. The van der Waals surface area contributed by atoms with Gasteiger partial charge in [0.1, 0.15) is 12.2 Å². The number of benzene rings is 4. The van der Waals surface area contributed by atoms with Crippen molar-refractivity contribution in [2.45, 2.75) is 116 Å². The Bertz CT molecular complexity index is 2090. The standard InChI is InChI=1S/C48H56N4O7/c1-5-35(23-33(3)19-21-44(6-2)58-48(56)52-43-18-10-14-39(30-43)26-37-12-8-16-41(28-37)50-32-54)20-22-45-46(59-45)24-34(4)57-47(55)51-42-17-9-13-38(29-42)25-36-11-7-15-40(27-36)49-31-53/h7-18,27-30,33-35,44-46H,5-6,19-26H2,1-4H3,(H,51,55)(H,52,56). The highest BCUT2D eigenvalue weighted by Crippen LogP contribution is 2.34. The van der Waals surface area contributed by atoms with E-state index in [1.165, 1.54) is 0 Å². The van der Waals surface area contributed by atoms with Gasteiger partial charge in [-0.05, 0) is 141 Å². The lowest BCUT2D eigenvalue weighted by molar-refractivity contribution is 0.0973. The molecule has 1 aliphatic heterocycles. The number of ether oxygens (including phenoxy) is 3. The molecule has 0 radical (unpaired) electrons. The third kappa shape index (κ3) is 15.4.